The number of aryl methyl sites for hydroxylation is 1. The highest BCUT2D eigenvalue weighted by Crippen LogP contribution is 2.38. The highest BCUT2D eigenvalue weighted by molar-refractivity contribution is 5.96. The van der Waals surface area contributed by atoms with Gasteiger partial charge < -0.3 is 25.8 Å². The third-order valence-electron chi connectivity index (χ3n) is 10.0. The number of hydrogen-bond donors (Lipinski definition) is 3. The van der Waals surface area contributed by atoms with Crippen molar-refractivity contribution in [3.8, 4) is 0 Å². The second-order valence-electron chi connectivity index (χ2n) is 13.6. The van der Waals surface area contributed by atoms with E-state index < -0.39 is 29.1 Å². The fourth-order valence-corrected chi connectivity index (χ4v) is 6.93. The molecule has 14 heteroatoms. The predicted molar refractivity (Wildman–Crippen MR) is 203 cm³/mol. The van der Waals surface area contributed by atoms with Gasteiger partial charge in [-0.15, -0.1) is 0 Å². The lowest BCUT2D eigenvalue weighted by atomic mass is 9.74. The van der Waals surface area contributed by atoms with Gasteiger partial charge >= 0.3 is 6.18 Å². The van der Waals surface area contributed by atoms with Crippen LogP contribution < -0.4 is 16.0 Å². The number of piperidine rings is 1. The minimum absolute atomic E-state index is 0.0681. The topological polar surface area (TPSA) is 137 Å². The standard InChI is InChI=1S/C41H46F3N7O4/c1-4-28-16-17-32(23-31(28)24-36(52)49-35-15-8-9-20-46-35)47-37(53)27-51(26-30-12-7-6-11-29(30)25-45-3)39(55)40(5-2)18-21-50(22-19-40)38(54)33-13-10-14-34(48-33)41(42,43)44/h6-17,20,23,45H,4-5,18-19,21-22,24-27H2,1-3H3,(H,47,53)(H,46,49,52). The summed E-state index contributed by atoms with van der Waals surface area (Å²) in [5.74, 6) is -1.13. The summed E-state index contributed by atoms with van der Waals surface area (Å²) in [7, 11) is 1.82. The van der Waals surface area contributed by atoms with Gasteiger partial charge in [0.1, 0.15) is 23.8 Å². The van der Waals surface area contributed by atoms with Crippen LogP contribution in [0.1, 0.15) is 71.5 Å². The van der Waals surface area contributed by atoms with E-state index in [4.69, 9.17) is 0 Å². The van der Waals surface area contributed by atoms with Gasteiger partial charge in [0.15, 0.2) is 0 Å². The van der Waals surface area contributed by atoms with Crippen molar-refractivity contribution in [3.63, 3.8) is 0 Å². The van der Waals surface area contributed by atoms with Crippen molar-refractivity contribution in [1.82, 2.24) is 25.1 Å². The van der Waals surface area contributed by atoms with Gasteiger partial charge in [-0.3, -0.25) is 19.2 Å². The lowest BCUT2D eigenvalue weighted by Crippen LogP contribution is -2.52. The number of halogens is 3. The first-order valence-corrected chi connectivity index (χ1v) is 18.3. The molecule has 5 rings (SSSR count). The Hall–Kier alpha value is -5.63. The number of nitrogens with zero attached hydrogens (tertiary/aromatic N) is 4. The van der Waals surface area contributed by atoms with Crippen molar-refractivity contribution in [3.05, 3.63) is 119 Å². The SMILES string of the molecule is CCc1ccc(NC(=O)CN(Cc2ccccc2CNC)C(=O)C2(CC)CCN(C(=O)c3cccc(C(F)(F)F)n3)CC2)cc1CC(=O)Nc1ccccn1. The maximum atomic E-state index is 14.7. The zero-order valence-electron chi connectivity index (χ0n) is 31.2. The first kappa shape index (κ1) is 40.6. The van der Waals surface area contributed by atoms with Crippen LogP contribution in [0.25, 0.3) is 0 Å². The molecule has 1 aliphatic rings. The Bertz CT molecular complexity index is 1980. The van der Waals surface area contributed by atoms with E-state index in [1.165, 1.54) is 11.0 Å². The first-order valence-electron chi connectivity index (χ1n) is 18.3. The summed E-state index contributed by atoms with van der Waals surface area (Å²) in [6, 6.07) is 21.5. The first-order chi connectivity index (χ1) is 26.3. The van der Waals surface area contributed by atoms with E-state index >= 15 is 0 Å². The predicted octanol–water partition coefficient (Wildman–Crippen LogP) is 6.26. The number of carbonyl (C=O) groups excluding carboxylic acids is 4. The Kier molecular flexibility index (Phi) is 13.4. The zero-order chi connectivity index (χ0) is 39.6. The van der Waals surface area contributed by atoms with Gasteiger partial charge in [0.05, 0.1) is 11.8 Å². The average molecular weight is 758 g/mol. The Balaban J connectivity index is 1.34. The quantitative estimate of drug-likeness (QED) is 0.138. The molecule has 4 amide bonds. The lowest BCUT2D eigenvalue weighted by Gasteiger charge is -2.42. The lowest BCUT2D eigenvalue weighted by molar-refractivity contribution is -0.148. The number of pyridine rings is 2. The molecular formula is C41H46F3N7O4. The number of aromatic nitrogens is 2. The molecule has 11 nitrogen and oxygen atoms in total. The molecule has 1 aliphatic heterocycles. The Labute approximate surface area is 318 Å². The smallest absolute Gasteiger partial charge is 0.337 e. The monoisotopic (exact) mass is 757 g/mol. The number of carbonyl (C=O) groups is 4. The molecular weight excluding hydrogens is 711 g/mol. The maximum Gasteiger partial charge on any atom is 0.433 e. The van der Waals surface area contributed by atoms with Crippen LogP contribution in [-0.4, -0.2) is 70.1 Å². The van der Waals surface area contributed by atoms with Crippen LogP contribution in [0, 0.1) is 5.41 Å². The molecule has 55 heavy (non-hydrogen) atoms. The Morgan fingerprint density at radius 3 is 2.22 bits per heavy atom. The summed E-state index contributed by atoms with van der Waals surface area (Å²) in [4.78, 5) is 65.3. The molecule has 2 aromatic heterocycles. The number of anilines is 2. The summed E-state index contributed by atoms with van der Waals surface area (Å²) in [5, 5.41) is 8.86. The van der Waals surface area contributed by atoms with Crippen LogP contribution in [0.15, 0.2) is 85.1 Å². The summed E-state index contributed by atoms with van der Waals surface area (Å²) in [6.07, 6.45) is -1.43. The van der Waals surface area contributed by atoms with E-state index in [0.29, 0.717) is 30.9 Å². The number of rotatable bonds is 14. The average Bonchev–Trinajstić information content (AvgIpc) is 3.18. The van der Waals surface area contributed by atoms with Crippen molar-refractivity contribution < 1.29 is 32.3 Å². The summed E-state index contributed by atoms with van der Waals surface area (Å²) in [6.45, 7) is 4.56. The number of nitrogens with one attached hydrogen (secondary N) is 3. The minimum atomic E-state index is -4.69. The molecule has 290 valence electrons. The molecule has 3 heterocycles. The van der Waals surface area contributed by atoms with Crippen molar-refractivity contribution in [2.45, 2.75) is 65.2 Å². The number of likely N-dealkylation sites (tertiary alicyclic amines) is 1. The van der Waals surface area contributed by atoms with Crippen molar-refractivity contribution in [2.75, 3.05) is 37.3 Å². The Morgan fingerprint density at radius 1 is 0.836 bits per heavy atom. The molecule has 0 atom stereocenters. The van der Waals surface area contributed by atoms with Crippen molar-refractivity contribution in [1.29, 1.82) is 0 Å². The fraction of sp³-hybridized carbons (Fsp3) is 0.366. The molecule has 2 aromatic carbocycles. The van der Waals surface area contributed by atoms with E-state index in [0.717, 1.165) is 34.4 Å². The van der Waals surface area contributed by atoms with E-state index in [-0.39, 0.29) is 62.9 Å². The number of alkyl halides is 3. The van der Waals surface area contributed by atoms with Gasteiger partial charge in [-0.2, -0.15) is 13.2 Å². The van der Waals surface area contributed by atoms with Gasteiger partial charge in [0, 0.05) is 38.1 Å². The normalized spacial score (nSPS) is 13.9. The van der Waals surface area contributed by atoms with Crippen LogP contribution in [0.4, 0.5) is 24.7 Å². The van der Waals surface area contributed by atoms with Gasteiger partial charge in [-0.05, 0) is 91.4 Å². The largest absolute Gasteiger partial charge is 0.433 e. The summed E-state index contributed by atoms with van der Waals surface area (Å²) in [5.41, 5.74) is 1.62. The highest BCUT2D eigenvalue weighted by Gasteiger charge is 2.44. The summed E-state index contributed by atoms with van der Waals surface area (Å²) < 4.78 is 39.9. The molecule has 0 unspecified atom stereocenters. The van der Waals surface area contributed by atoms with Crippen molar-refractivity contribution in [2.24, 2.45) is 5.41 Å². The van der Waals surface area contributed by atoms with Gasteiger partial charge in [-0.1, -0.05) is 56.3 Å². The van der Waals surface area contributed by atoms with Crippen LogP contribution in [0.2, 0.25) is 0 Å². The second kappa shape index (κ2) is 18.1. The van der Waals surface area contributed by atoms with Crippen LogP contribution in [0.3, 0.4) is 0 Å². The minimum Gasteiger partial charge on any atom is -0.337 e. The molecule has 0 spiro atoms. The zero-order valence-corrected chi connectivity index (χ0v) is 31.2. The summed E-state index contributed by atoms with van der Waals surface area (Å²) >= 11 is 0. The van der Waals surface area contributed by atoms with Gasteiger partial charge in [-0.25, -0.2) is 9.97 Å². The van der Waals surface area contributed by atoms with E-state index in [1.807, 2.05) is 51.2 Å². The molecule has 0 aliphatic carbocycles. The molecule has 1 saturated heterocycles. The molecule has 0 saturated carbocycles. The van der Waals surface area contributed by atoms with Crippen LogP contribution >= 0.6 is 0 Å². The van der Waals surface area contributed by atoms with E-state index in [1.54, 1.807) is 41.4 Å². The second-order valence-corrected chi connectivity index (χ2v) is 13.6. The molecule has 3 N–H and O–H groups in total. The van der Waals surface area contributed by atoms with Crippen LogP contribution in [0.5, 0.6) is 0 Å². The molecule has 1 fully saturated rings. The third kappa shape index (κ3) is 10.3. The fourth-order valence-electron chi connectivity index (χ4n) is 6.93. The van der Waals surface area contributed by atoms with Crippen molar-refractivity contribution >= 4 is 35.1 Å². The highest BCUT2D eigenvalue weighted by atomic mass is 19.4. The van der Waals surface area contributed by atoms with Crippen LogP contribution in [-0.2, 0) is 46.5 Å². The molecule has 0 bridgehead atoms. The number of amides is 4. The van der Waals surface area contributed by atoms with E-state index in [9.17, 15) is 32.3 Å². The van der Waals surface area contributed by atoms with Gasteiger partial charge in [0.25, 0.3) is 5.91 Å². The number of hydrogen-bond acceptors (Lipinski definition) is 7. The molecule has 0 radical (unpaired) electrons. The maximum absolute atomic E-state index is 14.7. The molecule has 4 aromatic rings. The van der Waals surface area contributed by atoms with Gasteiger partial charge in [0.2, 0.25) is 17.7 Å². The van der Waals surface area contributed by atoms with E-state index in [2.05, 4.69) is 25.9 Å². The number of benzene rings is 2. The Morgan fingerprint density at radius 2 is 1.56 bits per heavy atom. The third-order valence-corrected chi connectivity index (χ3v) is 10.0.